The summed E-state index contributed by atoms with van der Waals surface area (Å²) in [6, 6.07) is 0.147. The van der Waals surface area contributed by atoms with Crippen LogP contribution in [0.2, 0.25) is 0 Å². The van der Waals surface area contributed by atoms with Gasteiger partial charge in [-0.2, -0.15) is 0 Å². The van der Waals surface area contributed by atoms with E-state index in [9.17, 15) is 29.9 Å². The Kier molecular flexibility index (Phi) is 10.4. The van der Waals surface area contributed by atoms with Crippen molar-refractivity contribution in [3.8, 4) is 0 Å². The van der Waals surface area contributed by atoms with Crippen LogP contribution in [0.25, 0.3) is 0 Å². The predicted molar refractivity (Wildman–Crippen MR) is 111 cm³/mol. The summed E-state index contributed by atoms with van der Waals surface area (Å²) < 4.78 is 20.3. The van der Waals surface area contributed by atoms with Gasteiger partial charge in [0, 0.05) is 12.0 Å². The molecule has 0 aromatic rings. The molecule has 0 radical (unpaired) electrons. The van der Waals surface area contributed by atoms with Gasteiger partial charge in [-0.15, -0.1) is 0 Å². The quantitative estimate of drug-likeness (QED) is 0.392. The summed E-state index contributed by atoms with van der Waals surface area (Å²) in [5, 5.41) is 55.6. The Balaban J connectivity index is 2.18. The van der Waals surface area contributed by atoms with Crippen molar-refractivity contribution >= 4 is 0 Å². The molecule has 11 atom stereocenters. The van der Waals surface area contributed by atoms with Crippen LogP contribution in [-0.2, 0) is 4.74 Å². The van der Waals surface area contributed by atoms with E-state index in [1.165, 1.54) is 0 Å². The largest absolute Gasteiger partial charge is 0.393 e. The molecular formula is C22H42FNO6. The van der Waals surface area contributed by atoms with Crippen LogP contribution in [0.5, 0.6) is 0 Å². The van der Waals surface area contributed by atoms with Gasteiger partial charge in [0.1, 0.15) is 18.4 Å². The highest BCUT2D eigenvalue weighted by Crippen LogP contribution is 2.38. The second kappa shape index (κ2) is 12.0. The van der Waals surface area contributed by atoms with Gasteiger partial charge < -0.3 is 35.6 Å². The minimum absolute atomic E-state index is 0.0215. The van der Waals surface area contributed by atoms with Crippen molar-refractivity contribution in [2.24, 2.45) is 17.8 Å². The summed E-state index contributed by atoms with van der Waals surface area (Å²) in [5.41, 5.74) is 0. The molecule has 2 aliphatic rings. The third kappa shape index (κ3) is 6.82. The van der Waals surface area contributed by atoms with Crippen LogP contribution in [0.15, 0.2) is 0 Å². The molecule has 1 aliphatic carbocycles. The molecule has 0 aromatic carbocycles. The van der Waals surface area contributed by atoms with Gasteiger partial charge in [-0.25, -0.2) is 4.39 Å². The topological polar surface area (TPSA) is 122 Å². The molecule has 8 heteroatoms. The lowest BCUT2D eigenvalue weighted by molar-refractivity contribution is -0.213. The van der Waals surface area contributed by atoms with E-state index in [1.54, 1.807) is 13.8 Å². The number of ether oxygens (including phenoxy) is 1. The van der Waals surface area contributed by atoms with E-state index in [0.29, 0.717) is 19.3 Å². The van der Waals surface area contributed by atoms with Gasteiger partial charge in [0.2, 0.25) is 0 Å². The third-order valence-corrected chi connectivity index (χ3v) is 7.06. The first kappa shape index (κ1) is 25.9. The van der Waals surface area contributed by atoms with Crippen LogP contribution in [0, 0.1) is 17.8 Å². The van der Waals surface area contributed by atoms with Crippen molar-refractivity contribution in [2.45, 2.75) is 115 Å². The van der Waals surface area contributed by atoms with Crippen LogP contribution < -0.4 is 5.32 Å². The molecule has 1 heterocycles. The van der Waals surface area contributed by atoms with Gasteiger partial charge >= 0.3 is 0 Å². The SMILES string of the molecule is CCCNC1CC(O)C2C(CCCC(O)C(O)C(O)C(F)CC(C)C(C)OC2O)C1. The summed E-state index contributed by atoms with van der Waals surface area (Å²) in [4.78, 5) is 0. The monoisotopic (exact) mass is 435 g/mol. The molecule has 178 valence electrons. The van der Waals surface area contributed by atoms with Crippen molar-refractivity contribution in [1.29, 1.82) is 0 Å². The van der Waals surface area contributed by atoms with Crippen LogP contribution >= 0.6 is 0 Å². The molecule has 0 amide bonds. The fourth-order valence-corrected chi connectivity index (χ4v) is 4.96. The molecule has 1 saturated heterocycles. The summed E-state index contributed by atoms with van der Waals surface area (Å²) in [6.07, 6.45) is -4.98. The van der Waals surface area contributed by atoms with Gasteiger partial charge in [0.05, 0.1) is 18.3 Å². The van der Waals surface area contributed by atoms with Crippen molar-refractivity contribution in [3.05, 3.63) is 0 Å². The number of rotatable bonds is 3. The number of halogens is 1. The Morgan fingerprint density at radius 1 is 0.933 bits per heavy atom. The summed E-state index contributed by atoms with van der Waals surface area (Å²) in [6.45, 7) is 6.43. The molecular weight excluding hydrogens is 393 g/mol. The summed E-state index contributed by atoms with van der Waals surface area (Å²) >= 11 is 0. The lowest BCUT2D eigenvalue weighted by Crippen LogP contribution is -2.51. The summed E-state index contributed by atoms with van der Waals surface area (Å²) in [7, 11) is 0. The number of alkyl halides is 1. The van der Waals surface area contributed by atoms with E-state index in [2.05, 4.69) is 12.2 Å². The molecule has 2 rings (SSSR count). The number of fused-ring (bicyclic) bond motifs is 1. The zero-order valence-corrected chi connectivity index (χ0v) is 18.5. The highest BCUT2D eigenvalue weighted by Gasteiger charge is 2.42. The Morgan fingerprint density at radius 2 is 1.63 bits per heavy atom. The first-order valence-corrected chi connectivity index (χ1v) is 11.6. The van der Waals surface area contributed by atoms with Crippen molar-refractivity contribution in [1.82, 2.24) is 5.32 Å². The van der Waals surface area contributed by atoms with Crippen molar-refractivity contribution in [2.75, 3.05) is 6.54 Å². The molecule has 30 heavy (non-hydrogen) atoms. The Bertz CT molecular complexity index is 500. The van der Waals surface area contributed by atoms with Crippen LogP contribution in [0.1, 0.15) is 65.7 Å². The summed E-state index contributed by atoms with van der Waals surface area (Å²) in [5.74, 6) is -0.822. The molecule has 7 nitrogen and oxygen atoms in total. The van der Waals surface area contributed by atoms with E-state index in [-0.39, 0.29) is 30.7 Å². The van der Waals surface area contributed by atoms with E-state index < -0.39 is 48.9 Å². The third-order valence-electron chi connectivity index (χ3n) is 7.06. The van der Waals surface area contributed by atoms with Gasteiger partial charge in [0.15, 0.2) is 6.29 Å². The van der Waals surface area contributed by atoms with E-state index >= 15 is 0 Å². The normalized spacial score (nSPS) is 47.3. The van der Waals surface area contributed by atoms with Gasteiger partial charge in [-0.3, -0.25) is 0 Å². The number of hydrogen-bond donors (Lipinski definition) is 6. The second-order valence-corrected chi connectivity index (χ2v) is 9.47. The lowest BCUT2D eigenvalue weighted by Gasteiger charge is -2.43. The minimum Gasteiger partial charge on any atom is -0.393 e. The Labute approximate surface area is 179 Å². The van der Waals surface area contributed by atoms with Crippen molar-refractivity contribution < 1.29 is 34.7 Å². The average Bonchev–Trinajstić information content (AvgIpc) is 2.69. The maximum atomic E-state index is 14.5. The van der Waals surface area contributed by atoms with Gasteiger partial charge in [-0.1, -0.05) is 20.3 Å². The Hall–Kier alpha value is -0.350. The molecule has 1 saturated carbocycles. The van der Waals surface area contributed by atoms with Crippen LogP contribution in [0.3, 0.4) is 0 Å². The van der Waals surface area contributed by atoms with Gasteiger partial charge in [-0.05, 0) is 63.8 Å². The van der Waals surface area contributed by atoms with Crippen LogP contribution in [-0.4, -0.2) is 81.1 Å². The minimum atomic E-state index is -1.71. The van der Waals surface area contributed by atoms with E-state index in [1.807, 2.05) is 0 Å². The predicted octanol–water partition coefficient (Wildman–Crippen LogP) is 1.10. The zero-order valence-electron chi connectivity index (χ0n) is 18.5. The molecule has 0 aromatic heterocycles. The maximum Gasteiger partial charge on any atom is 0.160 e. The number of hydrogen-bond acceptors (Lipinski definition) is 7. The smallest absolute Gasteiger partial charge is 0.160 e. The first-order chi connectivity index (χ1) is 14.1. The molecule has 2 fully saturated rings. The zero-order chi connectivity index (χ0) is 22.4. The van der Waals surface area contributed by atoms with E-state index in [4.69, 9.17) is 4.74 Å². The molecule has 0 spiro atoms. The van der Waals surface area contributed by atoms with Crippen LogP contribution in [0.4, 0.5) is 4.39 Å². The van der Waals surface area contributed by atoms with E-state index in [0.717, 1.165) is 19.4 Å². The highest BCUT2D eigenvalue weighted by atomic mass is 19.1. The number of aliphatic hydroxyl groups excluding tert-OH is 5. The van der Waals surface area contributed by atoms with Gasteiger partial charge in [0.25, 0.3) is 0 Å². The first-order valence-electron chi connectivity index (χ1n) is 11.6. The maximum absolute atomic E-state index is 14.5. The second-order valence-electron chi connectivity index (χ2n) is 9.47. The average molecular weight is 436 g/mol. The fourth-order valence-electron chi connectivity index (χ4n) is 4.96. The van der Waals surface area contributed by atoms with Crippen molar-refractivity contribution in [3.63, 3.8) is 0 Å². The highest BCUT2D eigenvalue weighted by molar-refractivity contribution is 4.92. The lowest BCUT2D eigenvalue weighted by atomic mass is 9.72. The molecule has 1 aliphatic heterocycles. The number of aliphatic hydroxyl groups is 5. The molecule has 11 unspecified atom stereocenters. The standard InChI is InChI=1S/C22H42FNO6/c1-4-8-24-15-10-14-6-5-7-17(25)21(28)20(27)16(23)9-12(2)13(3)30-22(29)19(14)18(26)11-15/h12-22,24-29H,4-11H2,1-3H3. The molecule has 0 bridgehead atoms. The molecule has 6 N–H and O–H groups in total. The fraction of sp³-hybridized carbons (Fsp3) is 1.00. The Morgan fingerprint density at radius 3 is 2.30 bits per heavy atom. The number of nitrogens with one attached hydrogen (secondary N) is 1.